The first-order valence-corrected chi connectivity index (χ1v) is 10.5. The number of carbonyl (C=O) groups is 2. The Kier molecular flexibility index (Phi) is 6.64. The van der Waals surface area contributed by atoms with E-state index in [1.165, 1.54) is 5.56 Å². The second kappa shape index (κ2) is 9.95. The zero-order valence-electron chi connectivity index (χ0n) is 17.8. The summed E-state index contributed by atoms with van der Waals surface area (Å²) in [5.74, 6) is 1.48. The molecule has 0 spiro atoms. The zero-order valence-corrected chi connectivity index (χ0v) is 17.8. The van der Waals surface area contributed by atoms with Crippen molar-refractivity contribution < 1.29 is 18.8 Å². The van der Waals surface area contributed by atoms with Crippen molar-refractivity contribution in [1.29, 1.82) is 0 Å². The van der Waals surface area contributed by atoms with E-state index in [2.05, 4.69) is 20.8 Å². The number of ether oxygens (including phenoxy) is 1. The van der Waals surface area contributed by atoms with E-state index in [1.807, 2.05) is 30.3 Å². The second-order valence-electron chi connectivity index (χ2n) is 7.47. The maximum atomic E-state index is 12.4. The number of nitrogens with one attached hydrogen (secondary N) is 2. The number of hydrogen-bond acceptors (Lipinski definition) is 6. The van der Waals surface area contributed by atoms with Gasteiger partial charge in [-0.2, -0.15) is 4.98 Å². The van der Waals surface area contributed by atoms with Crippen molar-refractivity contribution in [3.05, 3.63) is 71.9 Å². The van der Waals surface area contributed by atoms with E-state index in [0.717, 1.165) is 6.42 Å². The molecular formula is C23H25N5O4. The van der Waals surface area contributed by atoms with Crippen LogP contribution in [0, 0.1) is 0 Å². The first-order chi connectivity index (χ1) is 15.6. The summed E-state index contributed by atoms with van der Waals surface area (Å²) in [5, 5.41) is 9.38. The SMILES string of the molecule is COc1cccc(NC(=O)NCc2noc([C@@H]3CCC(=O)N3CCc3ccccc3)n2)c1. The van der Waals surface area contributed by atoms with E-state index in [9.17, 15) is 9.59 Å². The van der Waals surface area contributed by atoms with Crippen LogP contribution in [0.15, 0.2) is 59.1 Å². The molecule has 3 amide bonds. The van der Waals surface area contributed by atoms with Gasteiger partial charge in [0.05, 0.1) is 13.7 Å². The van der Waals surface area contributed by atoms with E-state index < -0.39 is 6.03 Å². The highest BCUT2D eigenvalue weighted by Crippen LogP contribution is 2.31. The molecule has 0 saturated carbocycles. The second-order valence-corrected chi connectivity index (χ2v) is 7.47. The molecule has 9 heteroatoms. The highest BCUT2D eigenvalue weighted by molar-refractivity contribution is 5.89. The predicted molar refractivity (Wildman–Crippen MR) is 117 cm³/mol. The van der Waals surface area contributed by atoms with E-state index in [0.29, 0.717) is 42.5 Å². The summed E-state index contributed by atoms with van der Waals surface area (Å²) in [7, 11) is 1.56. The van der Waals surface area contributed by atoms with Crippen molar-refractivity contribution >= 4 is 17.6 Å². The van der Waals surface area contributed by atoms with Gasteiger partial charge in [-0.25, -0.2) is 4.79 Å². The Morgan fingerprint density at radius 3 is 2.88 bits per heavy atom. The molecule has 1 saturated heterocycles. The van der Waals surface area contributed by atoms with Crippen molar-refractivity contribution in [2.75, 3.05) is 19.0 Å². The third-order valence-electron chi connectivity index (χ3n) is 5.32. The van der Waals surface area contributed by atoms with Crippen molar-refractivity contribution in [2.45, 2.75) is 31.8 Å². The minimum absolute atomic E-state index is 0.0847. The number of hydrogen-bond donors (Lipinski definition) is 2. The largest absolute Gasteiger partial charge is 0.497 e. The maximum Gasteiger partial charge on any atom is 0.319 e. The summed E-state index contributed by atoms with van der Waals surface area (Å²) in [5.41, 5.74) is 1.78. The fraction of sp³-hybridized carbons (Fsp3) is 0.304. The van der Waals surface area contributed by atoms with Crippen LogP contribution in [-0.4, -0.2) is 40.6 Å². The predicted octanol–water partition coefficient (Wildman–Crippen LogP) is 3.31. The lowest BCUT2D eigenvalue weighted by Gasteiger charge is -2.21. The van der Waals surface area contributed by atoms with Crippen molar-refractivity contribution in [1.82, 2.24) is 20.4 Å². The fourth-order valence-electron chi connectivity index (χ4n) is 3.68. The van der Waals surface area contributed by atoms with Crippen LogP contribution in [0.5, 0.6) is 5.75 Å². The molecule has 166 valence electrons. The van der Waals surface area contributed by atoms with Gasteiger partial charge in [0, 0.05) is 24.7 Å². The van der Waals surface area contributed by atoms with Gasteiger partial charge in [-0.1, -0.05) is 41.6 Å². The molecule has 0 radical (unpaired) electrons. The Bertz CT molecular complexity index is 1070. The van der Waals surface area contributed by atoms with Crippen LogP contribution < -0.4 is 15.4 Å². The Hall–Kier alpha value is -3.88. The number of nitrogens with zero attached hydrogens (tertiary/aromatic N) is 3. The first-order valence-electron chi connectivity index (χ1n) is 10.5. The number of carbonyl (C=O) groups excluding carboxylic acids is 2. The summed E-state index contributed by atoms with van der Waals surface area (Å²) in [6.07, 6.45) is 1.85. The molecule has 2 N–H and O–H groups in total. The molecule has 0 bridgehead atoms. The van der Waals surface area contributed by atoms with Crippen molar-refractivity contribution in [3.8, 4) is 5.75 Å². The third-order valence-corrected chi connectivity index (χ3v) is 5.32. The smallest absolute Gasteiger partial charge is 0.319 e. The van der Waals surface area contributed by atoms with Gasteiger partial charge in [0.1, 0.15) is 11.8 Å². The van der Waals surface area contributed by atoms with Crippen molar-refractivity contribution in [2.24, 2.45) is 0 Å². The van der Waals surface area contributed by atoms with E-state index in [1.54, 1.807) is 36.3 Å². The van der Waals surface area contributed by atoms with E-state index in [4.69, 9.17) is 9.26 Å². The minimum atomic E-state index is -0.398. The molecule has 1 aliphatic rings. The van der Waals surface area contributed by atoms with Gasteiger partial charge in [0.2, 0.25) is 11.8 Å². The van der Waals surface area contributed by atoms with Crippen LogP contribution in [-0.2, 0) is 17.8 Å². The third kappa shape index (κ3) is 5.23. The van der Waals surface area contributed by atoms with E-state index >= 15 is 0 Å². The normalized spacial score (nSPS) is 15.6. The van der Waals surface area contributed by atoms with Crippen molar-refractivity contribution in [3.63, 3.8) is 0 Å². The highest BCUT2D eigenvalue weighted by Gasteiger charge is 2.35. The molecule has 2 aromatic carbocycles. The Balaban J connectivity index is 1.32. The minimum Gasteiger partial charge on any atom is -0.497 e. The molecule has 1 fully saturated rings. The average molecular weight is 435 g/mol. The first kappa shape index (κ1) is 21.4. The lowest BCUT2D eigenvalue weighted by atomic mass is 10.1. The molecule has 1 aromatic heterocycles. The summed E-state index contributed by atoms with van der Waals surface area (Å²) in [6.45, 7) is 0.691. The summed E-state index contributed by atoms with van der Waals surface area (Å²) >= 11 is 0. The molecule has 3 aromatic rings. The lowest BCUT2D eigenvalue weighted by molar-refractivity contribution is -0.129. The lowest BCUT2D eigenvalue weighted by Crippen LogP contribution is -2.30. The van der Waals surface area contributed by atoms with Gasteiger partial charge < -0.3 is 24.8 Å². The summed E-state index contributed by atoms with van der Waals surface area (Å²) < 4.78 is 10.6. The van der Waals surface area contributed by atoms with E-state index in [-0.39, 0.29) is 18.5 Å². The number of amides is 3. The number of methoxy groups -OCH3 is 1. The van der Waals surface area contributed by atoms with Crippen LogP contribution in [0.3, 0.4) is 0 Å². The molecule has 1 atom stereocenters. The topological polar surface area (TPSA) is 110 Å². The number of rotatable bonds is 8. The standard InChI is InChI=1S/C23H25N5O4/c1-31-18-9-5-8-17(14-18)25-23(30)24-15-20-26-22(32-27-20)19-10-11-21(29)28(19)13-12-16-6-3-2-4-7-16/h2-9,14,19H,10-13,15H2,1H3,(H2,24,25,30)/t19-/m0/s1. The fourth-order valence-corrected chi connectivity index (χ4v) is 3.68. The maximum absolute atomic E-state index is 12.4. The summed E-state index contributed by atoms with van der Waals surface area (Å²) in [4.78, 5) is 30.7. The number of urea groups is 1. The van der Waals surface area contributed by atoms with Crippen LogP contribution in [0.2, 0.25) is 0 Å². The monoisotopic (exact) mass is 435 g/mol. The molecular weight excluding hydrogens is 410 g/mol. The molecule has 32 heavy (non-hydrogen) atoms. The van der Waals surface area contributed by atoms with Gasteiger partial charge in [-0.3, -0.25) is 4.79 Å². The highest BCUT2D eigenvalue weighted by atomic mass is 16.5. The molecule has 0 aliphatic carbocycles. The van der Waals surface area contributed by atoms with Gasteiger partial charge in [-0.15, -0.1) is 0 Å². The van der Waals surface area contributed by atoms with Crippen LogP contribution in [0.4, 0.5) is 10.5 Å². The van der Waals surface area contributed by atoms with Crippen LogP contribution in [0.1, 0.15) is 36.2 Å². The molecule has 4 rings (SSSR count). The van der Waals surface area contributed by atoms with Gasteiger partial charge >= 0.3 is 6.03 Å². The molecule has 0 unspecified atom stereocenters. The Labute approximate surface area is 185 Å². The van der Waals surface area contributed by atoms with Gasteiger partial charge in [0.25, 0.3) is 0 Å². The molecule has 9 nitrogen and oxygen atoms in total. The average Bonchev–Trinajstić information content (AvgIpc) is 3.43. The Morgan fingerprint density at radius 1 is 1.22 bits per heavy atom. The number of anilines is 1. The Morgan fingerprint density at radius 2 is 2.06 bits per heavy atom. The summed E-state index contributed by atoms with van der Waals surface area (Å²) in [6, 6.07) is 16.4. The quantitative estimate of drug-likeness (QED) is 0.562. The van der Waals surface area contributed by atoms with Gasteiger partial charge in [-0.05, 0) is 30.5 Å². The zero-order chi connectivity index (χ0) is 22.3. The number of benzene rings is 2. The number of aromatic nitrogens is 2. The van der Waals surface area contributed by atoms with Gasteiger partial charge in [0.15, 0.2) is 5.82 Å². The molecule has 1 aliphatic heterocycles. The van der Waals surface area contributed by atoms with Crippen LogP contribution in [0.25, 0.3) is 0 Å². The molecule has 2 heterocycles. The number of likely N-dealkylation sites (tertiary alicyclic amines) is 1. The van der Waals surface area contributed by atoms with Crippen LogP contribution >= 0.6 is 0 Å².